The summed E-state index contributed by atoms with van der Waals surface area (Å²) in [6.07, 6.45) is 0. The maximum absolute atomic E-state index is 2.56. The normalized spacial score (nSPS) is 12.3. The molecule has 0 atom stereocenters. The molecule has 0 amide bonds. The largest absolute Gasteiger partial charge is 0.0867 e. The van der Waals surface area contributed by atoms with Crippen molar-refractivity contribution >= 4 is 58.6 Å². The van der Waals surface area contributed by atoms with E-state index < -0.39 is 16.0 Å². The fourth-order valence-corrected chi connectivity index (χ4v) is 10.4. The van der Waals surface area contributed by atoms with Crippen molar-refractivity contribution in [1.82, 2.24) is 0 Å². The minimum Gasteiger partial charge on any atom is -0.0650 e. The van der Waals surface area contributed by atoms with E-state index in [0.717, 1.165) is 0 Å². The summed E-state index contributed by atoms with van der Waals surface area (Å²) in [4.78, 5) is 0. The number of rotatable bonds is 5. The van der Waals surface area contributed by atoms with Crippen molar-refractivity contribution in [3.05, 3.63) is 133 Å². The Morgan fingerprint density at radius 2 is 0.925 bits per heavy atom. The molecule has 0 unspecified atom stereocenters. The Hall–Kier alpha value is -3.51. The minimum atomic E-state index is -1.92. The molecular formula is C38H37PSi. The maximum Gasteiger partial charge on any atom is 0.0867 e. The molecule has 6 aromatic rings. The first-order chi connectivity index (χ1) is 19.3. The summed E-state index contributed by atoms with van der Waals surface area (Å²) in [5.41, 5.74) is 2.85. The second kappa shape index (κ2) is 10.5. The summed E-state index contributed by atoms with van der Waals surface area (Å²) in [7, 11) is -2.70. The average Bonchev–Trinajstić information content (AvgIpc) is 2.97. The summed E-state index contributed by atoms with van der Waals surface area (Å²) < 4.78 is 0. The molecule has 198 valence electrons. The molecule has 40 heavy (non-hydrogen) atoms. The van der Waals surface area contributed by atoms with Crippen LogP contribution in [0.2, 0.25) is 18.1 Å². The molecule has 0 N–H and O–H groups in total. The third-order valence-electron chi connectivity index (χ3n) is 8.90. The standard InChI is InChI=1S/C38H37PSi/c1-38(2,3)40(4,5)35-27-25-29-17-13-15-23-33(29)37(35)36-32-22-14-12-16-28(32)24-26-34(36)39(30-18-8-6-9-19-30)31-20-10-7-11-21-31/h6-27H,1-5H3. The molecule has 0 radical (unpaired) electrons. The van der Waals surface area contributed by atoms with Gasteiger partial charge in [0.2, 0.25) is 0 Å². The molecule has 0 aliphatic heterocycles. The lowest BCUT2D eigenvalue weighted by Gasteiger charge is -2.39. The van der Waals surface area contributed by atoms with Crippen LogP contribution < -0.4 is 21.1 Å². The van der Waals surface area contributed by atoms with Crippen molar-refractivity contribution in [2.45, 2.75) is 38.9 Å². The second-order valence-corrected chi connectivity index (χ2v) is 19.7. The van der Waals surface area contributed by atoms with E-state index in [4.69, 9.17) is 0 Å². The molecule has 0 bridgehead atoms. The van der Waals surface area contributed by atoms with Crippen LogP contribution in [-0.4, -0.2) is 8.07 Å². The Bertz CT molecular complexity index is 1760. The zero-order valence-corrected chi connectivity index (χ0v) is 26.0. The smallest absolute Gasteiger partial charge is 0.0650 e. The van der Waals surface area contributed by atoms with Gasteiger partial charge in [0.15, 0.2) is 0 Å². The van der Waals surface area contributed by atoms with Gasteiger partial charge in [-0.25, -0.2) is 0 Å². The molecule has 0 saturated heterocycles. The van der Waals surface area contributed by atoms with Crippen molar-refractivity contribution in [1.29, 1.82) is 0 Å². The number of hydrogen-bond donors (Lipinski definition) is 0. The molecule has 0 nitrogen and oxygen atoms in total. The van der Waals surface area contributed by atoms with Gasteiger partial charge in [-0.05, 0) is 61.5 Å². The van der Waals surface area contributed by atoms with Gasteiger partial charge in [-0.1, -0.05) is 173 Å². The van der Waals surface area contributed by atoms with E-state index >= 15 is 0 Å². The maximum atomic E-state index is 2.56. The van der Waals surface area contributed by atoms with Crippen LogP contribution >= 0.6 is 7.92 Å². The van der Waals surface area contributed by atoms with Crippen molar-refractivity contribution in [2.24, 2.45) is 0 Å². The van der Waals surface area contributed by atoms with Crippen LogP contribution in [0.4, 0.5) is 0 Å². The average molecular weight is 553 g/mol. The van der Waals surface area contributed by atoms with E-state index in [-0.39, 0.29) is 5.04 Å². The molecule has 0 fully saturated rings. The number of benzene rings is 6. The summed E-state index contributed by atoms with van der Waals surface area (Å²) >= 11 is 0. The monoisotopic (exact) mass is 552 g/mol. The lowest BCUT2D eigenvalue weighted by Crippen LogP contribution is -2.50. The van der Waals surface area contributed by atoms with Crippen molar-refractivity contribution in [2.75, 3.05) is 0 Å². The van der Waals surface area contributed by atoms with Gasteiger partial charge in [0.05, 0.1) is 8.07 Å². The van der Waals surface area contributed by atoms with Crippen molar-refractivity contribution in [3.63, 3.8) is 0 Å². The van der Waals surface area contributed by atoms with Crippen LogP contribution in [0.1, 0.15) is 20.8 Å². The molecule has 6 aromatic carbocycles. The molecule has 0 heterocycles. The first-order valence-electron chi connectivity index (χ1n) is 14.2. The van der Waals surface area contributed by atoms with Gasteiger partial charge in [-0.3, -0.25) is 0 Å². The van der Waals surface area contributed by atoms with Crippen molar-refractivity contribution in [3.8, 4) is 11.1 Å². The summed E-state index contributed by atoms with van der Waals surface area (Å²) in [5, 5.41) is 11.3. The van der Waals surface area contributed by atoms with Gasteiger partial charge in [0.25, 0.3) is 0 Å². The van der Waals surface area contributed by atoms with E-state index in [1.54, 1.807) is 5.19 Å². The number of hydrogen-bond acceptors (Lipinski definition) is 0. The molecule has 0 aromatic heterocycles. The van der Waals surface area contributed by atoms with Crippen LogP contribution in [0, 0.1) is 0 Å². The lowest BCUT2D eigenvalue weighted by molar-refractivity contribution is 0.730. The first kappa shape index (κ1) is 26.7. The minimum absolute atomic E-state index is 0.207. The van der Waals surface area contributed by atoms with Crippen LogP contribution in [0.25, 0.3) is 32.7 Å². The third kappa shape index (κ3) is 4.62. The molecule has 0 aliphatic rings. The highest BCUT2D eigenvalue weighted by Crippen LogP contribution is 2.44. The molecule has 0 spiro atoms. The van der Waals surface area contributed by atoms with E-state index in [2.05, 4.69) is 167 Å². The van der Waals surface area contributed by atoms with E-state index in [0.29, 0.717) is 0 Å². The van der Waals surface area contributed by atoms with Gasteiger partial charge in [-0.15, -0.1) is 0 Å². The summed E-state index contributed by atoms with van der Waals surface area (Å²) in [5.74, 6) is 0. The highest BCUT2D eigenvalue weighted by molar-refractivity contribution is 7.80. The molecular weight excluding hydrogens is 515 g/mol. The number of fused-ring (bicyclic) bond motifs is 2. The first-order valence-corrected chi connectivity index (χ1v) is 18.6. The van der Waals surface area contributed by atoms with Gasteiger partial charge in [0.1, 0.15) is 0 Å². The Morgan fingerprint density at radius 1 is 0.475 bits per heavy atom. The van der Waals surface area contributed by atoms with Gasteiger partial charge in [0, 0.05) is 0 Å². The zero-order valence-electron chi connectivity index (χ0n) is 24.1. The summed E-state index contributed by atoms with van der Waals surface area (Å²) in [6, 6.07) is 49.9. The topological polar surface area (TPSA) is 0 Å². The van der Waals surface area contributed by atoms with E-state index in [1.807, 2.05) is 0 Å². The second-order valence-electron chi connectivity index (χ2n) is 12.3. The van der Waals surface area contributed by atoms with E-state index in [1.165, 1.54) is 48.6 Å². The Morgan fingerprint density at radius 3 is 1.45 bits per heavy atom. The highest BCUT2D eigenvalue weighted by atomic mass is 31.1. The quantitative estimate of drug-likeness (QED) is 0.148. The van der Waals surface area contributed by atoms with Crippen LogP contribution in [0.3, 0.4) is 0 Å². The zero-order chi connectivity index (χ0) is 27.9. The fraction of sp³-hybridized carbons (Fsp3) is 0.158. The molecule has 2 heteroatoms. The van der Waals surface area contributed by atoms with Crippen LogP contribution in [0.5, 0.6) is 0 Å². The SMILES string of the molecule is CC(C)(C)[Si](C)(C)c1ccc2ccccc2c1-c1c(P(c2ccccc2)c2ccccc2)ccc2ccccc12. The van der Waals surface area contributed by atoms with Crippen LogP contribution in [-0.2, 0) is 0 Å². The predicted molar refractivity (Wildman–Crippen MR) is 182 cm³/mol. The van der Waals surface area contributed by atoms with Gasteiger partial charge < -0.3 is 0 Å². The predicted octanol–water partition coefficient (Wildman–Crippen LogP) is 9.13. The van der Waals surface area contributed by atoms with Crippen molar-refractivity contribution < 1.29 is 0 Å². The Balaban J connectivity index is 1.81. The highest BCUT2D eigenvalue weighted by Gasteiger charge is 2.39. The summed E-state index contributed by atoms with van der Waals surface area (Å²) in [6.45, 7) is 12.4. The van der Waals surface area contributed by atoms with E-state index in [9.17, 15) is 0 Å². The third-order valence-corrected chi connectivity index (χ3v) is 16.9. The molecule has 6 rings (SSSR count). The van der Waals surface area contributed by atoms with Gasteiger partial charge >= 0.3 is 0 Å². The Labute approximate surface area is 241 Å². The lowest BCUT2D eigenvalue weighted by atomic mass is 9.93. The van der Waals surface area contributed by atoms with Gasteiger partial charge in [-0.2, -0.15) is 0 Å². The molecule has 0 saturated carbocycles. The fourth-order valence-electron chi connectivity index (χ4n) is 5.76. The van der Waals surface area contributed by atoms with Crippen LogP contribution in [0.15, 0.2) is 133 Å². The Kier molecular flexibility index (Phi) is 6.99. The molecule has 0 aliphatic carbocycles.